The molecule has 0 N–H and O–H groups in total. The molecular formula is C22H23N5O2S. The molecule has 1 aromatic carbocycles. The third-order valence-electron chi connectivity index (χ3n) is 4.71. The Kier molecular flexibility index (Phi) is 5.76. The Morgan fingerprint density at radius 2 is 2.10 bits per heavy atom. The van der Waals surface area contributed by atoms with Gasteiger partial charge in [0.25, 0.3) is 5.91 Å². The Hall–Kier alpha value is -3.26. The van der Waals surface area contributed by atoms with Crippen molar-refractivity contribution in [2.75, 3.05) is 11.5 Å². The Bertz CT molecular complexity index is 1170. The molecule has 4 rings (SSSR count). The lowest BCUT2D eigenvalue weighted by molar-refractivity contribution is 0.0979. The first-order chi connectivity index (χ1) is 14.6. The summed E-state index contributed by atoms with van der Waals surface area (Å²) in [7, 11) is 0. The van der Waals surface area contributed by atoms with Crippen molar-refractivity contribution in [3.8, 4) is 5.75 Å². The molecule has 0 aliphatic heterocycles. The van der Waals surface area contributed by atoms with Crippen LogP contribution in [0, 0.1) is 6.92 Å². The maximum Gasteiger partial charge on any atom is 0.280 e. The quantitative estimate of drug-likeness (QED) is 0.440. The van der Waals surface area contributed by atoms with Gasteiger partial charge in [-0.3, -0.25) is 19.4 Å². The van der Waals surface area contributed by atoms with E-state index >= 15 is 0 Å². The van der Waals surface area contributed by atoms with Gasteiger partial charge in [-0.1, -0.05) is 23.5 Å². The minimum absolute atomic E-state index is 0.189. The fourth-order valence-corrected chi connectivity index (χ4v) is 4.25. The summed E-state index contributed by atoms with van der Waals surface area (Å²) >= 11 is 1.46. The van der Waals surface area contributed by atoms with E-state index in [1.807, 2.05) is 61.9 Å². The van der Waals surface area contributed by atoms with Gasteiger partial charge in [0.15, 0.2) is 10.8 Å². The highest BCUT2D eigenvalue weighted by Crippen LogP contribution is 2.35. The molecule has 0 unspecified atom stereocenters. The third kappa shape index (κ3) is 3.91. The molecule has 0 fully saturated rings. The highest BCUT2D eigenvalue weighted by molar-refractivity contribution is 7.22. The lowest BCUT2D eigenvalue weighted by Crippen LogP contribution is -2.30. The van der Waals surface area contributed by atoms with E-state index < -0.39 is 0 Å². The minimum Gasteiger partial charge on any atom is -0.492 e. The number of benzene rings is 1. The molecule has 0 radical (unpaired) electrons. The predicted octanol–water partition coefficient (Wildman–Crippen LogP) is 4.46. The molecule has 1 amide bonds. The molecule has 0 saturated carbocycles. The highest BCUT2D eigenvalue weighted by atomic mass is 32.1. The van der Waals surface area contributed by atoms with Gasteiger partial charge in [-0.2, -0.15) is 5.10 Å². The monoisotopic (exact) mass is 421 g/mol. The van der Waals surface area contributed by atoms with Crippen molar-refractivity contribution in [2.45, 2.75) is 33.9 Å². The normalized spacial score (nSPS) is 11.0. The number of ether oxygens (including phenoxy) is 1. The van der Waals surface area contributed by atoms with Crippen molar-refractivity contribution in [3.05, 3.63) is 65.7 Å². The van der Waals surface area contributed by atoms with Crippen LogP contribution < -0.4 is 9.64 Å². The average Bonchev–Trinajstić information content (AvgIpc) is 3.36. The van der Waals surface area contributed by atoms with Crippen molar-refractivity contribution in [1.82, 2.24) is 19.7 Å². The number of fused-ring (bicyclic) bond motifs is 1. The number of amides is 1. The van der Waals surface area contributed by atoms with Gasteiger partial charge in [-0.05, 0) is 50.6 Å². The van der Waals surface area contributed by atoms with E-state index in [4.69, 9.17) is 9.72 Å². The number of carbonyl (C=O) groups is 1. The van der Waals surface area contributed by atoms with Crippen molar-refractivity contribution in [2.24, 2.45) is 0 Å². The smallest absolute Gasteiger partial charge is 0.280 e. The fraction of sp³-hybridized carbons (Fsp3) is 0.273. The summed E-state index contributed by atoms with van der Waals surface area (Å²) in [6.45, 7) is 7.51. The van der Waals surface area contributed by atoms with Gasteiger partial charge in [0.1, 0.15) is 11.3 Å². The molecule has 4 aromatic rings. The second-order valence-corrected chi connectivity index (χ2v) is 7.78. The van der Waals surface area contributed by atoms with E-state index in [1.54, 1.807) is 17.3 Å². The second-order valence-electron chi connectivity index (χ2n) is 6.77. The highest BCUT2D eigenvalue weighted by Gasteiger charge is 2.25. The number of para-hydroxylation sites is 1. The summed E-state index contributed by atoms with van der Waals surface area (Å²) in [5.41, 5.74) is 3.04. The molecule has 3 heterocycles. The van der Waals surface area contributed by atoms with Crippen LogP contribution in [0.3, 0.4) is 0 Å². The number of hydrogen-bond acceptors (Lipinski definition) is 6. The second kappa shape index (κ2) is 8.62. The fourth-order valence-electron chi connectivity index (χ4n) is 3.27. The number of thiazole rings is 1. The SMILES string of the molecule is CCOc1cccc2sc(N(Cc3cccnc3)C(=O)c3cc(C)n(CC)n3)nc12. The van der Waals surface area contributed by atoms with Crippen LogP contribution in [0.5, 0.6) is 5.75 Å². The summed E-state index contributed by atoms with van der Waals surface area (Å²) in [5, 5.41) is 5.09. The number of hydrogen-bond donors (Lipinski definition) is 0. The number of pyridine rings is 1. The van der Waals surface area contributed by atoms with Gasteiger partial charge in [-0.15, -0.1) is 0 Å². The first-order valence-corrected chi connectivity index (χ1v) is 10.7. The van der Waals surface area contributed by atoms with Crippen molar-refractivity contribution < 1.29 is 9.53 Å². The molecule has 3 aromatic heterocycles. The predicted molar refractivity (Wildman–Crippen MR) is 118 cm³/mol. The van der Waals surface area contributed by atoms with Gasteiger partial charge < -0.3 is 4.74 Å². The van der Waals surface area contributed by atoms with Crippen LogP contribution in [0.15, 0.2) is 48.8 Å². The zero-order valence-corrected chi connectivity index (χ0v) is 18.0. The molecule has 8 heteroatoms. The van der Waals surface area contributed by atoms with Gasteiger partial charge in [0.2, 0.25) is 0 Å². The number of anilines is 1. The number of nitrogens with zero attached hydrogens (tertiary/aromatic N) is 5. The molecule has 7 nitrogen and oxygen atoms in total. The zero-order valence-electron chi connectivity index (χ0n) is 17.2. The number of aryl methyl sites for hydroxylation is 2. The molecule has 0 spiro atoms. The number of carbonyl (C=O) groups excluding carboxylic acids is 1. The summed E-state index contributed by atoms with van der Waals surface area (Å²) < 4.78 is 8.51. The Balaban J connectivity index is 1.77. The molecule has 30 heavy (non-hydrogen) atoms. The van der Waals surface area contributed by atoms with E-state index in [0.717, 1.165) is 27.2 Å². The van der Waals surface area contributed by atoms with Crippen LogP contribution in [-0.4, -0.2) is 32.3 Å². The number of rotatable bonds is 7. The molecule has 0 aliphatic rings. The van der Waals surface area contributed by atoms with E-state index in [2.05, 4.69) is 10.1 Å². The van der Waals surface area contributed by atoms with Crippen LogP contribution in [0.1, 0.15) is 35.6 Å². The van der Waals surface area contributed by atoms with E-state index in [0.29, 0.717) is 30.5 Å². The standard InChI is InChI=1S/C22H23N5O2S/c1-4-27-15(3)12-17(25-27)21(28)26(14-16-8-7-11-23-13-16)22-24-20-18(29-5-2)9-6-10-19(20)30-22/h6-13H,4-5,14H2,1-3H3. The Labute approximate surface area is 179 Å². The first kappa shape index (κ1) is 20.0. The molecule has 0 atom stereocenters. The Morgan fingerprint density at radius 1 is 1.23 bits per heavy atom. The largest absolute Gasteiger partial charge is 0.492 e. The first-order valence-electron chi connectivity index (χ1n) is 9.88. The summed E-state index contributed by atoms with van der Waals surface area (Å²) in [5.74, 6) is 0.531. The van der Waals surface area contributed by atoms with E-state index in [1.165, 1.54) is 11.3 Å². The Morgan fingerprint density at radius 3 is 2.80 bits per heavy atom. The van der Waals surface area contributed by atoms with Crippen molar-refractivity contribution >= 4 is 32.6 Å². The van der Waals surface area contributed by atoms with Crippen molar-refractivity contribution in [3.63, 3.8) is 0 Å². The average molecular weight is 422 g/mol. The zero-order chi connectivity index (χ0) is 21.1. The maximum atomic E-state index is 13.5. The van der Waals surface area contributed by atoms with Crippen molar-refractivity contribution in [1.29, 1.82) is 0 Å². The van der Waals surface area contributed by atoms with Gasteiger partial charge >= 0.3 is 0 Å². The van der Waals surface area contributed by atoms with Crippen LogP contribution >= 0.6 is 11.3 Å². The lowest BCUT2D eigenvalue weighted by atomic mass is 10.2. The molecule has 0 saturated heterocycles. The molecule has 154 valence electrons. The molecule has 0 bridgehead atoms. The molecular weight excluding hydrogens is 398 g/mol. The summed E-state index contributed by atoms with van der Waals surface area (Å²) in [6, 6.07) is 11.5. The van der Waals surface area contributed by atoms with E-state index in [-0.39, 0.29) is 5.91 Å². The van der Waals surface area contributed by atoms with Crippen LogP contribution in [-0.2, 0) is 13.1 Å². The third-order valence-corrected chi connectivity index (χ3v) is 5.75. The van der Waals surface area contributed by atoms with E-state index in [9.17, 15) is 4.79 Å². The summed E-state index contributed by atoms with van der Waals surface area (Å²) in [4.78, 5) is 24.1. The van der Waals surface area contributed by atoms with Gasteiger partial charge in [0, 0.05) is 24.6 Å². The van der Waals surface area contributed by atoms with Crippen LogP contribution in [0.4, 0.5) is 5.13 Å². The molecule has 0 aliphatic carbocycles. The number of aromatic nitrogens is 4. The summed E-state index contributed by atoms with van der Waals surface area (Å²) in [6.07, 6.45) is 3.48. The van der Waals surface area contributed by atoms with Gasteiger partial charge in [-0.25, -0.2) is 4.98 Å². The lowest BCUT2D eigenvalue weighted by Gasteiger charge is -2.18. The van der Waals surface area contributed by atoms with Crippen LogP contribution in [0.2, 0.25) is 0 Å². The minimum atomic E-state index is -0.189. The maximum absolute atomic E-state index is 13.5. The van der Waals surface area contributed by atoms with Crippen LogP contribution in [0.25, 0.3) is 10.2 Å². The van der Waals surface area contributed by atoms with Gasteiger partial charge in [0.05, 0.1) is 17.9 Å². The topological polar surface area (TPSA) is 73.1 Å².